The molecule has 0 aliphatic carbocycles. The van der Waals surface area contributed by atoms with Crippen molar-refractivity contribution in [1.82, 2.24) is 0 Å². The number of benzene rings is 2. The highest BCUT2D eigenvalue weighted by atomic mass is 19.1. The van der Waals surface area contributed by atoms with E-state index in [0.717, 1.165) is 5.56 Å². The topological polar surface area (TPSA) is 41.6 Å². The van der Waals surface area contributed by atoms with Gasteiger partial charge in [-0.1, -0.05) is 18.2 Å². The second-order valence-electron chi connectivity index (χ2n) is 5.07. The van der Waals surface area contributed by atoms with Crippen LogP contribution >= 0.6 is 0 Å². The zero-order valence-electron chi connectivity index (χ0n) is 11.6. The molecule has 0 spiro atoms. The second kappa shape index (κ2) is 5.16. The van der Waals surface area contributed by atoms with Gasteiger partial charge < -0.3 is 10.6 Å². The van der Waals surface area contributed by atoms with Gasteiger partial charge >= 0.3 is 0 Å². The Morgan fingerprint density at radius 3 is 2.71 bits per heavy atom. The van der Waals surface area contributed by atoms with Gasteiger partial charge in [-0.3, -0.25) is 4.99 Å². The molecule has 21 heavy (non-hydrogen) atoms. The number of aryl methyl sites for hydroxylation is 1. The third-order valence-corrected chi connectivity index (χ3v) is 3.64. The molecule has 108 valence electrons. The molecule has 5 heteroatoms. The van der Waals surface area contributed by atoms with Gasteiger partial charge in [0.2, 0.25) is 0 Å². The first-order valence-electron chi connectivity index (χ1n) is 6.67. The van der Waals surface area contributed by atoms with Crippen molar-refractivity contribution in [2.45, 2.75) is 13.0 Å². The molecule has 0 saturated heterocycles. The normalized spacial score (nSPS) is 18.0. The number of rotatable bonds is 2. The van der Waals surface area contributed by atoms with Gasteiger partial charge in [-0.05, 0) is 42.3 Å². The van der Waals surface area contributed by atoms with Crippen molar-refractivity contribution in [3.8, 4) is 0 Å². The number of aliphatic imine (C=N–C) groups is 1. The third-order valence-electron chi connectivity index (χ3n) is 3.64. The van der Waals surface area contributed by atoms with E-state index < -0.39 is 0 Å². The Bertz CT molecular complexity index is 712. The molecule has 2 N–H and O–H groups in total. The van der Waals surface area contributed by atoms with Crippen LogP contribution in [0, 0.1) is 18.6 Å². The molecule has 1 aliphatic rings. The summed E-state index contributed by atoms with van der Waals surface area (Å²) in [5.41, 5.74) is 8.05. The SMILES string of the molecule is Cc1cc(C2CN=C(N)N2c2cccc(F)c2)ccc1F. The molecule has 1 aliphatic heterocycles. The highest BCUT2D eigenvalue weighted by molar-refractivity contribution is 5.97. The molecule has 1 unspecified atom stereocenters. The van der Waals surface area contributed by atoms with Gasteiger partial charge in [0.15, 0.2) is 5.96 Å². The van der Waals surface area contributed by atoms with Gasteiger partial charge in [0.25, 0.3) is 0 Å². The third kappa shape index (κ3) is 2.46. The van der Waals surface area contributed by atoms with Crippen LogP contribution in [0.15, 0.2) is 47.5 Å². The fourth-order valence-corrected chi connectivity index (χ4v) is 2.57. The Labute approximate surface area is 121 Å². The molecule has 2 aromatic rings. The van der Waals surface area contributed by atoms with E-state index in [-0.39, 0.29) is 17.7 Å². The molecule has 3 rings (SSSR count). The molecule has 0 bridgehead atoms. The molecule has 0 aromatic heterocycles. The van der Waals surface area contributed by atoms with E-state index in [1.165, 1.54) is 18.2 Å². The van der Waals surface area contributed by atoms with E-state index in [2.05, 4.69) is 4.99 Å². The summed E-state index contributed by atoms with van der Waals surface area (Å²) in [7, 11) is 0. The highest BCUT2D eigenvalue weighted by Crippen LogP contribution is 2.32. The molecule has 0 fully saturated rings. The molecule has 0 amide bonds. The van der Waals surface area contributed by atoms with Gasteiger partial charge in [-0.25, -0.2) is 8.78 Å². The summed E-state index contributed by atoms with van der Waals surface area (Å²) >= 11 is 0. The van der Waals surface area contributed by atoms with Crippen LogP contribution in [0.25, 0.3) is 0 Å². The monoisotopic (exact) mass is 287 g/mol. The van der Waals surface area contributed by atoms with Crippen molar-refractivity contribution in [2.75, 3.05) is 11.4 Å². The van der Waals surface area contributed by atoms with E-state index >= 15 is 0 Å². The molecule has 0 saturated carbocycles. The number of anilines is 1. The maximum atomic E-state index is 13.4. The van der Waals surface area contributed by atoms with Crippen molar-refractivity contribution < 1.29 is 8.78 Å². The zero-order chi connectivity index (χ0) is 15.0. The summed E-state index contributed by atoms with van der Waals surface area (Å²) in [6.07, 6.45) is 0. The minimum atomic E-state index is -0.332. The van der Waals surface area contributed by atoms with Crippen LogP contribution in [0.2, 0.25) is 0 Å². The average Bonchev–Trinajstić information content (AvgIpc) is 2.84. The number of nitrogens with two attached hydrogens (primary N) is 1. The molecule has 1 heterocycles. The number of hydrogen-bond donors (Lipinski definition) is 1. The summed E-state index contributed by atoms with van der Waals surface area (Å²) in [4.78, 5) is 6.01. The molecule has 0 radical (unpaired) electrons. The summed E-state index contributed by atoms with van der Waals surface area (Å²) in [5.74, 6) is -0.239. The van der Waals surface area contributed by atoms with Crippen molar-refractivity contribution in [3.63, 3.8) is 0 Å². The van der Waals surface area contributed by atoms with Gasteiger partial charge in [-0.2, -0.15) is 0 Å². The minimum Gasteiger partial charge on any atom is -0.369 e. The predicted octanol–water partition coefficient (Wildman–Crippen LogP) is 3.15. The number of nitrogens with zero attached hydrogens (tertiary/aromatic N) is 2. The van der Waals surface area contributed by atoms with Gasteiger partial charge in [0.05, 0.1) is 12.6 Å². The minimum absolute atomic E-state index is 0.147. The van der Waals surface area contributed by atoms with Crippen molar-refractivity contribution in [2.24, 2.45) is 10.7 Å². The van der Waals surface area contributed by atoms with Crippen LogP contribution < -0.4 is 10.6 Å². The lowest BCUT2D eigenvalue weighted by atomic mass is 10.0. The van der Waals surface area contributed by atoms with Crippen LogP contribution in [0.3, 0.4) is 0 Å². The van der Waals surface area contributed by atoms with Crippen molar-refractivity contribution >= 4 is 11.6 Å². The quantitative estimate of drug-likeness (QED) is 0.922. The fourth-order valence-electron chi connectivity index (χ4n) is 2.57. The van der Waals surface area contributed by atoms with Crippen LogP contribution in [0.1, 0.15) is 17.2 Å². The second-order valence-corrected chi connectivity index (χ2v) is 5.07. The lowest BCUT2D eigenvalue weighted by Gasteiger charge is -2.27. The van der Waals surface area contributed by atoms with E-state index in [1.807, 2.05) is 0 Å². The summed E-state index contributed by atoms with van der Waals surface area (Å²) in [6.45, 7) is 2.18. The summed E-state index contributed by atoms with van der Waals surface area (Å²) in [6, 6.07) is 11.0. The maximum Gasteiger partial charge on any atom is 0.196 e. The van der Waals surface area contributed by atoms with Gasteiger partial charge in [0, 0.05) is 5.69 Å². The van der Waals surface area contributed by atoms with Crippen LogP contribution in [-0.4, -0.2) is 12.5 Å². The number of hydrogen-bond acceptors (Lipinski definition) is 3. The molecule has 2 aromatic carbocycles. The zero-order valence-corrected chi connectivity index (χ0v) is 11.6. The van der Waals surface area contributed by atoms with Gasteiger partial charge in [0.1, 0.15) is 11.6 Å². The van der Waals surface area contributed by atoms with Crippen LogP contribution in [-0.2, 0) is 0 Å². The summed E-state index contributed by atoms with van der Waals surface area (Å²) < 4.78 is 26.9. The Morgan fingerprint density at radius 1 is 1.19 bits per heavy atom. The van der Waals surface area contributed by atoms with Crippen molar-refractivity contribution in [1.29, 1.82) is 0 Å². The Kier molecular flexibility index (Phi) is 3.33. The number of guanidine groups is 1. The number of halogens is 2. The molecular formula is C16H15F2N3. The van der Waals surface area contributed by atoms with E-state index in [0.29, 0.717) is 23.8 Å². The molecule has 1 atom stereocenters. The summed E-state index contributed by atoms with van der Waals surface area (Å²) in [5, 5.41) is 0. The van der Waals surface area contributed by atoms with E-state index in [1.54, 1.807) is 36.1 Å². The van der Waals surface area contributed by atoms with Crippen LogP contribution in [0.4, 0.5) is 14.5 Å². The average molecular weight is 287 g/mol. The predicted molar refractivity (Wildman–Crippen MR) is 79.2 cm³/mol. The highest BCUT2D eigenvalue weighted by Gasteiger charge is 2.29. The largest absolute Gasteiger partial charge is 0.369 e. The lowest BCUT2D eigenvalue weighted by Crippen LogP contribution is -2.36. The standard InChI is InChI=1S/C16H15F2N3/c1-10-7-11(5-6-14(10)18)15-9-20-16(19)21(15)13-4-2-3-12(17)8-13/h2-8,15H,9H2,1H3,(H2,19,20). The Balaban J connectivity index is 2.00. The first kappa shape index (κ1) is 13.5. The van der Waals surface area contributed by atoms with E-state index in [4.69, 9.17) is 5.73 Å². The smallest absolute Gasteiger partial charge is 0.196 e. The first-order chi connectivity index (χ1) is 10.1. The lowest BCUT2D eigenvalue weighted by molar-refractivity contribution is 0.615. The fraction of sp³-hybridized carbons (Fsp3) is 0.188. The first-order valence-corrected chi connectivity index (χ1v) is 6.67. The maximum absolute atomic E-state index is 13.4. The van der Waals surface area contributed by atoms with E-state index in [9.17, 15) is 8.78 Å². The van der Waals surface area contributed by atoms with Crippen LogP contribution in [0.5, 0.6) is 0 Å². The van der Waals surface area contributed by atoms with Gasteiger partial charge in [-0.15, -0.1) is 0 Å². The molecular weight excluding hydrogens is 272 g/mol. The Hall–Kier alpha value is -2.43. The van der Waals surface area contributed by atoms with Crippen molar-refractivity contribution in [3.05, 3.63) is 65.2 Å². The molecule has 3 nitrogen and oxygen atoms in total. The Morgan fingerprint density at radius 2 is 2.00 bits per heavy atom.